The second-order valence-corrected chi connectivity index (χ2v) is 5.62. The molecule has 8 heteroatoms. The van der Waals surface area contributed by atoms with Crippen LogP contribution in [0.15, 0.2) is 29.4 Å². The van der Waals surface area contributed by atoms with Crippen molar-refractivity contribution in [2.75, 3.05) is 11.1 Å². The van der Waals surface area contributed by atoms with Crippen molar-refractivity contribution < 1.29 is 4.79 Å². The van der Waals surface area contributed by atoms with Crippen LogP contribution in [0, 0.1) is 3.57 Å². The zero-order valence-corrected chi connectivity index (χ0v) is 12.5. The van der Waals surface area contributed by atoms with Gasteiger partial charge in [-0.2, -0.15) is 0 Å². The number of benzene rings is 1. The molecule has 1 amide bonds. The number of aromatic nitrogens is 4. The van der Waals surface area contributed by atoms with Crippen LogP contribution in [0.2, 0.25) is 0 Å². The molecule has 0 aliphatic heterocycles. The Balaban J connectivity index is 1.86. The number of carbonyl (C=O) groups is 1. The van der Waals surface area contributed by atoms with E-state index in [4.69, 9.17) is 0 Å². The van der Waals surface area contributed by atoms with Crippen LogP contribution in [-0.2, 0) is 11.8 Å². The third kappa shape index (κ3) is 3.67. The first-order valence-electron chi connectivity index (χ1n) is 5.06. The Labute approximate surface area is 122 Å². The summed E-state index contributed by atoms with van der Waals surface area (Å²) in [6.07, 6.45) is 0. The summed E-state index contributed by atoms with van der Waals surface area (Å²) in [5.41, 5.74) is 0.789. The van der Waals surface area contributed by atoms with Crippen molar-refractivity contribution in [3.63, 3.8) is 0 Å². The molecule has 18 heavy (non-hydrogen) atoms. The average Bonchev–Trinajstić information content (AvgIpc) is 2.75. The highest BCUT2D eigenvalue weighted by Gasteiger charge is 2.07. The lowest BCUT2D eigenvalue weighted by Crippen LogP contribution is -2.14. The number of thioether (sulfide) groups is 1. The van der Waals surface area contributed by atoms with Crippen molar-refractivity contribution in [3.05, 3.63) is 27.8 Å². The smallest absolute Gasteiger partial charge is 0.234 e. The highest BCUT2D eigenvalue weighted by Crippen LogP contribution is 2.14. The van der Waals surface area contributed by atoms with Crippen molar-refractivity contribution in [1.82, 2.24) is 20.2 Å². The molecule has 1 heterocycles. The van der Waals surface area contributed by atoms with E-state index in [1.165, 1.54) is 16.4 Å². The van der Waals surface area contributed by atoms with Crippen LogP contribution >= 0.6 is 34.4 Å². The van der Waals surface area contributed by atoms with Gasteiger partial charge < -0.3 is 5.32 Å². The first kappa shape index (κ1) is 13.3. The van der Waals surface area contributed by atoms with Gasteiger partial charge in [0.1, 0.15) is 0 Å². The average molecular weight is 375 g/mol. The Hall–Kier alpha value is -1.16. The quantitative estimate of drug-likeness (QED) is 0.649. The van der Waals surface area contributed by atoms with Gasteiger partial charge in [-0.3, -0.25) is 4.79 Å². The van der Waals surface area contributed by atoms with Crippen LogP contribution in [0.25, 0.3) is 0 Å². The highest BCUT2D eigenvalue weighted by atomic mass is 127. The third-order valence-electron chi connectivity index (χ3n) is 2.04. The van der Waals surface area contributed by atoms with Gasteiger partial charge in [0.25, 0.3) is 0 Å². The lowest BCUT2D eigenvalue weighted by atomic mass is 10.3. The minimum Gasteiger partial charge on any atom is -0.325 e. The van der Waals surface area contributed by atoms with Crippen molar-refractivity contribution in [1.29, 1.82) is 0 Å². The van der Waals surface area contributed by atoms with E-state index >= 15 is 0 Å². The monoisotopic (exact) mass is 375 g/mol. The van der Waals surface area contributed by atoms with Crippen molar-refractivity contribution in [3.8, 4) is 0 Å². The van der Waals surface area contributed by atoms with Crippen molar-refractivity contribution >= 4 is 45.9 Å². The maximum absolute atomic E-state index is 11.7. The van der Waals surface area contributed by atoms with Gasteiger partial charge in [0.05, 0.1) is 5.75 Å². The third-order valence-corrected chi connectivity index (χ3v) is 3.77. The van der Waals surface area contributed by atoms with E-state index in [2.05, 4.69) is 43.4 Å². The topological polar surface area (TPSA) is 72.7 Å². The minimum atomic E-state index is -0.0794. The van der Waals surface area contributed by atoms with Crippen LogP contribution in [0.1, 0.15) is 0 Å². The fourth-order valence-corrected chi connectivity index (χ4v) is 2.21. The molecule has 0 saturated carbocycles. The summed E-state index contributed by atoms with van der Waals surface area (Å²) < 4.78 is 2.66. The van der Waals surface area contributed by atoms with Gasteiger partial charge in [-0.15, -0.1) is 5.10 Å². The van der Waals surface area contributed by atoms with Gasteiger partial charge in [0, 0.05) is 16.3 Å². The molecule has 0 saturated heterocycles. The van der Waals surface area contributed by atoms with Crippen LogP contribution in [0.3, 0.4) is 0 Å². The molecule has 1 aromatic carbocycles. The van der Waals surface area contributed by atoms with Gasteiger partial charge in [0.2, 0.25) is 11.1 Å². The standard InChI is InChI=1S/C10H10IN5OS/c1-16-10(13-14-15-16)18-6-9(17)12-8-4-2-7(11)3-5-8/h2-5H,6H2,1H3,(H,12,17). The maximum Gasteiger partial charge on any atom is 0.234 e. The molecule has 1 aromatic heterocycles. The second-order valence-electron chi connectivity index (χ2n) is 3.43. The number of hydrogen-bond acceptors (Lipinski definition) is 5. The van der Waals surface area contributed by atoms with E-state index in [0.29, 0.717) is 5.16 Å². The first-order chi connectivity index (χ1) is 8.65. The molecule has 0 unspecified atom stereocenters. The van der Waals surface area contributed by atoms with Gasteiger partial charge >= 0.3 is 0 Å². The van der Waals surface area contributed by atoms with Gasteiger partial charge in [-0.25, -0.2) is 4.68 Å². The van der Waals surface area contributed by atoms with Gasteiger partial charge in [-0.1, -0.05) is 11.8 Å². The number of anilines is 1. The number of amides is 1. The number of aryl methyl sites for hydroxylation is 1. The molecule has 94 valence electrons. The summed E-state index contributed by atoms with van der Waals surface area (Å²) in [5, 5.41) is 14.4. The highest BCUT2D eigenvalue weighted by molar-refractivity contribution is 14.1. The van der Waals surface area contributed by atoms with E-state index in [9.17, 15) is 4.79 Å². The summed E-state index contributed by atoms with van der Waals surface area (Å²) in [5.74, 6) is 0.199. The molecule has 0 bridgehead atoms. The zero-order valence-electron chi connectivity index (χ0n) is 9.50. The Bertz CT molecular complexity index is 541. The number of tetrazole rings is 1. The predicted molar refractivity (Wildman–Crippen MR) is 77.3 cm³/mol. The fourth-order valence-electron chi connectivity index (χ4n) is 1.20. The summed E-state index contributed by atoms with van der Waals surface area (Å²) >= 11 is 3.51. The summed E-state index contributed by atoms with van der Waals surface area (Å²) in [6.45, 7) is 0. The first-order valence-corrected chi connectivity index (χ1v) is 7.12. The number of nitrogens with zero attached hydrogens (tertiary/aromatic N) is 4. The molecule has 0 atom stereocenters. The molecular formula is C10H10IN5OS. The largest absolute Gasteiger partial charge is 0.325 e. The molecule has 1 N–H and O–H groups in total. The molecule has 0 aliphatic rings. The predicted octanol–water partition coefficient (Wildman–Crippen LogP) is 1.55. The van der Waals surface area contributed by atoms with Crippen LogP contribution < -0.4 is 5.32 Å². The van der Waals surface area contributed by atoms with Crippen LogP contribution in [-0.4, -0.2) is 31.9 Å². The Morgan fingerprint density at radius 3 is 2.78 bits per heavy atom. The second kappa shape index (κ2) is 6.14. The normalized spacial score (nSPS) is 10.3. The lowest BCUT2D eigenvalue weighted by molar-refractivity contribution is -0.113. The zero-order chi connectivity index (χ0) is 13.0. The SMILES string of the molecule is Cn1nnnc1SCC(=O)Nc1ccc(I)cc1. The number of rotatable bonds is 4. The van der Waals surface area contributed by atoms with Crippen molar-refractivity contribution in [2.45, 2.75) is 5.16 Å². The Morgan fingerprint density at radius 2 is 2.17 bits per heavy atom. The molecule has 6 nitrogen and oxygen atoms in total. The Kier molecular flexibility index (Phi) is 4.53. The summed E-state index contributed by atoms with van der Waals surface area (Å²) in [7, 11) is 1.74. The molecule has 2 aromatic rings. The minimum absolute atomic E-state index is 0.0794. The van der Waals surface area contributed by atoms with Crippen LogP contribution in [0.4, 0.5) is 5.69 Å². The Morgan fingerprint density at radius 1 is 1.44 bits per heavy atom. The van der Waals surface area contributed by atoms with Crippen molar-refractivity contribution in [2.24, 2.45) is 7.05 Å². The fraction of sp³-hybridized carbons (Fsp3) is 0.200. The maximum atomic E-state index is 11.7. The molecule has 0 fully saturated rings. The molecule has 2 rings (SSSR count). The van der Waals surface area contributed by atoms with Gasteiger partial charge in [0.15, 0.2) is 0 Å². The number of nitrogens with one attached hydrogen (secondary N) is 1. The van der Waals surface area contributed by atoms with E-state index < -0.39 is 0 Å². The number of halogens is 1. The van der Waals surface area contributed by atoms with Gasteiger partial charge in [-0.05, 0) is 57.3 Å². The number of hydrogen-bond donors (Lipinski definition) is 1. The van der Waals surface area contributed by atoms with E-state index in [0.717, 1.165) is 9.26 Å². The molecule has 0 aliphatic carbocycles. The van der Waals surface area contributed by atoms with E-state index in [-0.39, 0.29) is 11.7 Å². The number of carbonyl (C=O) groups excluding carboxylic acids is 1. The molecule has 0 spiro atoms. The molecule has 0 radical (unpaired) electrons. The van der Waals surface area contributed by atoms with Crippen LogP contribution in [0.5, 0.6) is 0 Å². The lowest BCUT2D eigenvalue weighted by Gasteiger charge is -2.04. The van der Waals surface area contributed by atoms with E-state index in [1.54, 1.807) is 7.05 Å². The summed E-state index contributed by atoms with van der Waals surface area (Å²) in [6, 6.07) is 7.62. The summed E-state index contributed by atoms with van der Waals surface area (Å²) in [4.78, 5) is 11.7. The molecular weight excluding hydrogens is 365 g/mol. The van der Waals surface area contributed by atoms with E-state index in [1.807, 2.05) is 24.3 Å².